The molecular formula is C21H22N2O6. The number of ether oxygens (including phenoxy) is 1. The molecule has 0 aliphatic heterocycles. The predicted octanol–water partition coefficient (Wildman–Crippen LogP) is 3.93. The van der Waals surface area contributed by atoms with Gasteiger partial charge in [-0.15, -0.1) is 0 Å². The normalized spacial score (nSPS) is 10.9. The summed E-state index contributed by atoms with van der Waals surface area (Å²) in [6, 6.07) is 10.4. The van der Waals surface area contributed by atoms with E-state index in [2.05, 4.69) is 5.32 Å². The number of nitro groups is 1. The molecule has 0 atom stereocenters. The van der Waals surface area contributed by atoms with Crippen LogP contribution in [0.3, 0.4) is 0 Å². The zero-order valence-electron chi connectivity index (χ0n) is 16.6. The van der Waals surface area contributed by atoms with Crippen molar-refractivity contribution in [3.63, 3.8) is 0 Å². The van der Waals surface area contributed by atoms with Crippen molar-refractivity contribution in [1.82, 2.24) is 0 Å². The second-order valence-corrected chi connectivity index (χ2v) is 7.51. The van der Waals surface area contributed by atoms with Crippen LogP contribution < -0.4 is 5.32 Å². The van der Waals surface area contributed by atoms with Gasteiger partial charge in [-0.2, -0.15) is 0 Å². The maximum Gasteiger partial charge on any atom is 0.345 e. The van der Waals surface area contributed by atoms with Crippen molar-refractivity contribution in [2.24, 2.45) is 5.41 Å². The molecule has 0 heterocycles. The van der Waals surface area contributed by atoms with Crippen molar-refractivity contribution in [2.75, 3.05) is 11.9 Å². The predicted molar refractivity (Wildman–Crippen MR) is 107 cm³/mol. The third-order valence-electron chi connectivity index (χ3n) is 4.13. The van der Waals surface area contributed by atoms with Crippen LogP contribution in [0.25, 0.3) is 0 Å². The molecule has 2 aromatic rings. The SMILES string of the molecule is Cc1cccc([N+](=O)[O-])c1C(=O)OCC(=O)c1ccc(NC(=O)C(C)(C)C)cc1. The maximum absolute atomic E-state index is 12.3. The van der Waals surface area contributed by atoms with E-state index < -0.39 is 28.7 Å². The van der Waals surface area contributed by atoms with E-state index in [0.29, 0.717) is 11.3 Å². The van der Waals surface area contributed by atoms with Gasteiger partial charge in [-0.1, -0.05) is 32.9 Å². The van der Waals surface area contributed by atoms with Crippen molar-refractivity contribution in [2.45, 2.75) is 27.7 Å². The van der Waals surface area contributed by atoms with E-state index in [-0.39, 0.29) is 22.7 Å². The van der Waals surface area contributed by atoms with E-state index in [4.69, 9.17) is 4.74 Å². The van der Waals surface area contributed by atoms with Crippen LogP contribution >= 0.6 is 0 Å². The van der Waals surface area contributed by atoms with E-state index in [1.54, 1.807) is 45.9 Å². The van der Waals surface area contributed by atoms with Crippen LogP contribution in [0.4, 0.5) is 11.4 Å². The standard InChI is InChI=1S/C21H22N2O6/c1-13-6-5-7-16(23(27)28)18(13)19(25)29-12-17(24)14-8-10-15(11-9-14)22-20(26)21(2,3)4/h5-11H,12H2,1-4H3,(H,22,26). The number of rotatable bonds is 6. The van der Waals surface area contributed by atoms with Gasteiger partial charge in [-0.05, 0) is 36.8 Å². The topological polar surface area (TPSA) is 116 Å². The Kier molecular flexibility index (Phi) is 6.48. The summed E-state index contributed by atoms with van der Waals surface area (Å²) in [5, 5.41) is 13.9. The number of benzene rings is 2. The van der Waals surface area contributed by atoms with Gasteiger partial charge in [0.15, 0.2) is 12.4 Å². The molecule has 0 unspecified atom stereocenters. The van der Waals surface area contributed by atoms with Crippen LogP contribution in [0.15, 0.2) is 42.5 Å². The fourth-order valence-corrected chi connectivity index (χ4v) is 2.41. The molecule has 0 aromatic heterocycles. The minimum atomic E-state index is -0.933. The van der Waals surface area contributed by atoms with E-state index in [0.717, 1.165) is 0 Å². The fraction of sp³-hybridized carbons (Fsp3) is 0.286. The van der Waals surface area contributed by atoms with Gasteiger partial charge >= 0.3 is 5.97 Å². The number of amides is 1. The van der Waals surface area contributed by atoms with Gasteiger partial charge in [0.25, 0.3) is 5.69 Å². The number of ketones is 1. The molecule has 0 saturated heterocycles. The summed E-state index contributed by atoms with van der Waals surface area (Å²) in [4.78, 5) is 47.0. The summed E-state index contributed by atoms with van der Waals surface area (Å²) < 4.78 is 4.99. The number of esters is 1. The number of Topliss-reactive ketones (excluding diaryl/α,β-unsaturated/α-hetero) is 1. The van der Waals surface area contributed by atoms with Crippen molar-refractivity contribution in [1.29, 1.82) is 0 Å². The van der Waals surface area contributed by atoms with Crippen molar-refractivity contribution in [3.8, 4) is 0 Å². The van der Waals surface area contributed by atoms with Gasteiger partial charge in [0.2, 0.25) is 5.91 Å². The number of hydrogen-bond acceptors (Lipinski definition) is 6. The third kappa shape index (κ3) is 5.47. The smallest absolute Gasteiger partial charge is 0.345 e. The molecule has 8 heteroatoms. The van der Waals surface area contributed by atoms with Gasteiger partial charge in [0.05, 0.1) is 4.92 Å². The number of carbonyl (C=O) groups is 3. The molecule has 152 valence electrons. The zero-order chi connectivity index (χ0) is 21.8. The first kappa shape index (κ1) is 21.7. The van der Waals surface area contributed by atoms with Crippen LogP contribution in [0.1, 0.15) is 47.1 Å². The Morgan fingerprint density at radius 1 is 1.07 bits per heavy atom. The molecule has 0 aliphatic rings. The fourth-order valence-electron chi connectivity index (χ4n) is 2.41. The molecule has 2 aromatic carbocycles. The number of hydrogen-bond donors (Lipinski definition) is 1. The molecule has 0 spiro atoms. The third-order valence-corrected chi connectivity index (χ3v) is 4.13. The van der Waals surface area contributed by atoms with E-state index >= 15 is 0 Å². The Morgan fingerprint density at radius 2 is 1.69 bits per heavy atom. The monoisotopic (exact) mass is 398 g/mol. The molecule has 0 radical (unpaired) electrons. The Bertz CT molecular complexity index is 958. The number of carbonyl (C=O) groups excluding carboxylic acids is 3. The Morgan fingerprint density at radius 3 is 2.24 bits per heavy atom. The highest BCUT2D eigenvalue weighted by Gasteiger charge is 2.24. The van der Waals surface area contributed by atoms with Gasteiger partial charge in [0.1, 0.15) is 5.56 Å². The maximum atomic E-state index is 12.3. The summed E-state index contributed by atoms with van der Waals surface area (Å²) >= 11 is 0. The molecule has 8 nitrogen and oxygen atoms in total. The second-order valence-electron chi connectivity index (χ2n) is 7.51. The minimum absolute atomic E-state index is 0.162. The largest absolute Gasteiger partial charge is 0.453 e. The highest BCUT2D eigenvalue weighted by molar-refractivity contribution is 6.01. The first-order chi connectivity index (χ1) is 13.5. The van der Waals surface area contributed by atoms with Crippen molar-refractivity contribution >= 4 is 29.0 Å². The molecule has 1 N–H and O–H groups in total. The molecule has 0 bridgehead atoms. The number of nitro benzene ring substituents is 1. The number of anilines is 1. The van der Waals surface area contributed by atoms with Crippen molar-refractivity contribution < 1.29 is 24.0 Å². The van der Waals surface area contributed by atoms with E-state index in [1.165, 1.54) is 24.3 Å². The summed E-state index contributed by atoms with van der Waals surface area (Å²) in [7, 11) is 0. The molecule has 29 heavy (non-hydrogen) atoms. The van der Waals surface area contributed by atoms with Crippen LogP contribution in [-0.4, -0.2) is 29.2 Å². The number of nitrogens with one attached hydrogen (secondary N) is 1. The number of nitrogens with zero attached hydrogens (tertiary/aromatic N) is 1. The number of aryl methyl sites for hydroxylation is 1. The van der Waals surface area contributed by atoms with Gasteiger partial charge in [-0.3, -0.25) is 19.7 Å². The molecule has 2 rings (SSSR count). The zero-order valence-corrected chi connectivity index (χ0v) is 16.6. The van der Waals surface area contributed by atoms with Crippen LogP contribution in [0.2, 0.25) is 0 Å². The lowest BCUT2D eigenvalue weighted by molar-refractivity contribution is -0.385. The molecule has 0 fully saturated rings. The molecular weight excluding hydrogens is 376 g/mol. The van der Waals surface area contributed by atoms with Crippen LogP contribution in [0, 0.1) is 22.5 Å². The van der Waals surface area contributed by atoms with Crippen LogP contribution in [0.5, 0.6) is 0 Å². The highest BCUT2D eigenvalue weighted by atomic mass is 16.6. The van der Waals surface area contributed by atoms with Gasteiger partial charge in [0, 0.05) is 22.7 Å². The molecule has 1 amide bonds. The minimum Gasteiger partial charge on any atom is -0.453 e. The Balaban J connectivity index is 2.04. The average Bonchev–Trinajstić information content (AvgIpc) is 2.65. The summed E-state index contributed by atoms with van der Waals surface area (Å²) in [6.07, 6.45) is 0. The first-order valence-corrected chi connectivity index (χ1v) is 8.86. The highest BCUT2D eigenvalue weighted by Crippen LogP contribution is 2.23. The lowest BCUT2D eigenvalue weighted by Gasteiger charge is -2.17. The quantitative estimate of drug-likeness (QED) is 0.341. The Labute approximate surface area is 168 Å². The van der Waals surface area contributed by atoms with E-state index in [9.17, 15) is 24.5 Å². The molecule has 0 saturated carbocycles. The average molecular weight is 398 g/mol. The Hall–Kier alpha value is -3.55. The van der Waals surface area contributed by atoms with Crippen LogP contribution in [-0.2, 0) is 9.53 Å². The summed E-state index contributed by atoms with van der Waals surface area (Å²) in [6.45, 7) is 6.35. The summed E-state index contributed by atoms with van der Waals surface area (Å²) in [5.74, 6) is -1.56. The van der Waals surface area contributed by atoms with Gasteiger partial charge < -0.3 is 10.1 Å². The second kappa shape index (κ2) is 8.64. The van der Waals surface area contributed by atoms with Crippen molar-refractivity contribution in [3.05, 3.63) is 69.3 Å². The summed E-state index contributed by atoms with van der Waals surface area (Å²) in [5.41, 5.74) is 0.100. The molecule has 0 aliphatic carbocycles. The van der Waals surface area contributed by atoms with E-state index in [1.807, 2.05) is 0 Å². The lowest BCUT2D eigenvalue weighted by atomic mass is 9.95. The lowest BCUT2D eigenvalue weighted by Crippen LogP contribution is -2.27. The van der Waals surface area contributed by atoms with Gasteiger partial charge in [-0.25, -0.2) is 4.79 Å². The first-order valence-electron chi connectivity index (χ1n) is 8.86.